The Labute approximate surface area is 196 Å². The predicted octanol–water partition coefficient (Wildman–Crippen LogP) is 2.37. The Morgan fingerprint density at radius 1 is 1.32 bits per heavy atom. The molecule has 3 N–H and O–H groups in total. The Kier molecular flexibility index (Phi) is 5.03. The minimum Gasteiger partial charge on any atom is -0.477 e. The summed E-state index contributed by atoms with van der Waals surface area (Å²) in [7, 11) is 0. The maximum Gasteiger partial charge on any atom is 0.261 e. The van der Waals surface area contributed by atoms with Gasteiger partial charge in [0.25, 0.3) is 5.56 Å². The van der Waals surface area contributed by atoms with Crippen LogP contribution in [0, 0.1) is 0 Å². The minimum absolute atomic E-state index is 0.167. The van der Waals surface area contributed by atoms with E-state index in [2.05, 4.69) is 30.8 Å². The number of thiazole rings is 1. The Morgan fingerprint density at radius 2 is 2.24 bits per heavy atom. The van der Waals surface area contributed by atoms with Gasteiger partial charge in [-0.3, -0.25) is 14.6 Å². The summed E-state index contributed by atoms with van der Waals surface area (Å²) in [6.45, 7) is 4.52. The van der Waals surface area contributed by atoms with Crippen LogP contribution in [0.3, 0.4) is 0 Å². The summed E-state index contributed by atoms with van der Waals surface area (Å²) in [6.07, 6.45) is 7.14. The molecule has 1 aliphatic rings. The topological polar surface area (TPSA) is 131 Å². The van der Waals surface area contributed by atoms with Gasteiger partial charge in [0.2, 0.25) is 11.8 Å². The van der Waals surface area contributed by atoms with Gasteiger partial charge in [0.15, 0.2) is 0 Å². The molecule has 34 heavy (non-hydrogen) atoms. The third kappa shape index (κ3) is 3.42. The standard InChI is InChI=1S/C22H22N8O3S/c1-2-4-23-10-16(31)26-12-7-14-18(24-8-12)19-17(20(32)27-14)22-30(28-19)11-15(34-22)13-9-25-29-5-3-6-33-21(13)29/h7-9,11,23H,2-6,10H2,1H3,(H,26,31)(H,27,32). The van der Waals surface area contributed by atoms with Crippen LogP contribution in [0.2, 0.25) is 0 Å². The molecule has 174 valence electrons. The minimum atomic E-state index is -0.255. The number of nitrogens with zero attached hydrogens (tertiary/aromatic N) is 5. The number of amides is 1. The first kappa shape index (κ1) is 20.8. The molecule has 0 saturated heterocycles. The van der Waals surface area contributed by atoms with Crippen LogP contribution in [-0.2, 0) is 11.3 Å². The predicted molar refractivity (Wildman–Crippen MR) is 130 cm³/mol. The first-order valence-electron chi connectivity index (χ1n) is 11.2. The second-order valence-corrected chi connectivity index (χ2v) is 9.19. The van der Waals surface area contributed by atoms with Crippen molar-refractivity contribution in [3.63, 3.8) is 0 Å². The number of nitrogens with one attached hydrogen (secondary N) is 3. The lowest BCUT2D eigenvalue weighted by Crippen LogP contribution is -2.28. The summed E-state index contributed by atoms with van der Waals surface area (Å²) < 4.78 is 9.39. The lowest BCUT2D eigenvalue weighted by molar-refractivity contribution is -0.115. The highest BCUT2D eigenvalue weighted by molar-refractivity contribution is 7.21. The summed E-state index contributed by atoms with van der Waals surface area (Å²) in [5, 5.41) is 15.4. The number of carbonyl (C=O) groups is 1. The number of ether oxygens (including phenoxy) is 1. The van der Waals surface area contributed by atoms with Crippen molar-refractivity contribution >= 4 is 49.7 Å². The number of rotatable bonds is 6. The zero-order chi connectivity index (χ0) is 23.2. The fourth-order valence-electron chi connectivity index (χ4n) is 4.16. The lowest BCUT2D eigenvalue weighted by Gasteiger charge is -2.15. The highest BCUT2D eigenvalue weighted by atomic mass is 32.1. The monoisotopic (exact) mass is 478 g/mol. The quantitative estimate of drug-likeness (QED) is 0.319. The van der Waals surface area contributed by atoms with Crippen LogP contribution in [-0.4, -0.2) is 55.0 Å². The second-order valence-electron chi connectivity index (χ2n) is 8.16. The van der Waals surface area contributed by atoms with E-state index in [1.165, 1.54) is 11.3 Å². The normalized spacial score (nSPS) is 13.4. The number of fused-ring (bicyclic) bond motifs is 6. The molecule has 6 rings (SSSR count). The van der Waals surface area contributed by atoms with E-state index in [4.69, 9.17) is 4.74 Å². The van der Waals surface area contributed by atoms with Gasteiger partial charge >= 0.3 is 0 Å². The summed E-state index contributed by atoms with van der Waals surface area (Å²) in [4.78, 5) is 34.2. The molecule has 1 amide bonds. The van der Waals surface area contributed by atoms with Gasteiger partial charge in [-0.2, -0.15) is 10.2 Å². The van der Waals surface area contributed by atoms with Crippen molar-refractivity contribution in [2.75, 3.05) is 25.0 Å². The number of hydrogen-bond donors (Lipinski definition) is 3. The van der Waals surface area contributed by atoms with Crippen molar-refractivity contribution < 1.29 is 9.53 Å². The zero-order valence-electron chi connectivity index (χ0n) is 18.4. The van der Waals surface area contributed by atoms with E-state index in [0.29, 0.717) is 34.2 Å². The molecule has 0 fully saturated rings. The van der Waals surface area contributed by atoms with Crippen molar-refractivity contribution in [3.05, 3.63) is 35.0 Å². The van der Waals surface area contributed by atoms with Gasteiger partial charge in [0.05, 0.1) is 47.2 Å². The molecule has 0 atom stereocenters. The molecule has 12 heteroatoms. The lowest BCUT2D eigenvalue weighted by atomic mass is 10.2. The number of H-pyrrole nitrogens is 1. The average molecular weight is 479 g/mol. The summed E-state index contributed by atoms with van der Waals surface area (Å²) >= 11 is 1.46. The van der Waals surface area contributed by atoms with Crippen molar-refractivity contribution in [3.8, 4) is 16.3 Å². The van der Waals surface area contributed by atoms with Gasteiger partial charge in [-0.25, -0.2) is 9.20 Å². The van der Waals surface area contributed by atoms with Gasteiger partial charge < -0.3 is 20.4 Å². The highest BCUT2D eigenvalue weighted by Crippen LogP contribution is 2.38. The number of aryl methyl sites for hydroxylation is 1. The van der Waals surface area contributed by atoms with Crippen molar-refractivity contribution in [1.82, 2.24) is 34.7 Å². The summed E-state index contributed by atoms with van der Waals surface area (Å²) in [6, 6.07) is 1.70. The van der Waals surface area contributed by atoms with Crippen molar-refractivity contribution in [2.45, 2.75) is 26.3 Å². The highest BCUT2D eigenvalue weighted by Gasteiger charge is 2.22. The fraction of sp³-hybridized carbons (Fsp3) is 0.318. The SMILES string of the molecule is CCCNCC(=O)Nc1cnc2c(c1)[nH]c(=O)c1c2nn2cc(-c3cnn4c3OCCC4)sc12. The van der Waals surface area contributed by atoms with E-state index in [-0.39, 0.29) is 18.0 Å². The molecule has 0 saturated carbocycles. The van der Waals surface area contributed by atoms with E-state index in [0.717, 1.165) is 47.1 Å². The smallest absolute Gasteiger partial charge is 0.261 e. The molecule has 5 aromatic heterocycles. The molecule has 11 nitrogen and oxygen atoms in total. The molecule has 6 heterocycles. The molecule has 0 unspecified atom stereocenters. The fourth-order valence-corrected chi connectivity index (χ4v) is 5.25. The van der Waals surface area contributed by atoms with Crippen LogP contribution in [0.4, 0.5) is 5.69 Å². The number of aromatic nitrogens is 6. The number of carbonyl (C=O) groups excluding carboxylic acids is 1. The number of aromatic amines is 1. The number of anilines is 1. The van der Waals surface area contributed by atoms with Crippen LogP contribution in [0.1, 0.15) is 19.8 Å². The number of hydrogen-bond acceptors (Lipinski definition) is 8. The van der Waals surface area contributed by atoms with E-state index in [1.54, 1.807) is 23.0 Å². The summed E-state index contributed by atoms with van der Waals surface area (Å²) in [5.74, 6) is 0.583. The largest absolute Gasteiger partial charge is 0.477 e. The van der Waals surface area contributed by atoms with Gasteiger partial charge in [-0.1, -0.05) is 6.92 Å². The van der Waals surface area contributed by atoms with Crippen LogP contribution in [0.5, 0.6) is 5.88 Å². The first-order valence-corrected chi connectivity index (χ1v) is 12.0. The van der Waals surface area contributed by atoms with Crippen LogP contribution >= 0.6 is 11.3 Å². The first-order chi connectivity index (χ1) is 16.6. The van der Waals surface area contributed by atoms with Crippen LogP contribution < -0.4 is 20.9 Å². The molecular weight excluding hydrogens is 456 g/mol. The van der Waals surface area contributed by atoms with Crippen molar-refractivity contribution in [1.29, 1.82) is 0 Å². The van der Waals surface area contributed by atoms with Gasteiger partial charge in [-0.05, 0) is 19.0 Å². The molecule has 0 spiro atoms. The number of pyridine rings is 2. The molecule has 1 aliphatic heterocycles. The summed E-state index contributed by atoms with van der Waals surface area (Å²) in [5.41, 5.74) is 2.76. The Morgan fingerprint density at radius 3 is 3.12 bits per heavy atom. The van der Waals surface area contributed by atoms with Gasteiger partial charge in [0.1, 0.15) is 21.3 Å². The van der Waals surface area contributed by atoms with Gasteiger partial charge in [-0.15, -0.1) is 11.3 Å². The zero-order valence-corrected chi connectivity index (χ0v) is 19.2. The van der Waals surface area contributed by atoms with Crippen LogP contribution in [0.25, 0.3) is 37.2 Å². The van der Waals surface area contributed by atoms with E-state index in [9.17, 15) is 9.59 Å². The Bertz CT molecular complexity index is 1610. The van der Waals surface area contributed by atoms with E-state index >= 15 is 0 Å². The Balaban J connectivity index is 1.38. The maximum absolute atomic E-state index is 13.0. The maximum atomic E-state index is 13.0. The third-order valence-electron chi connectivity index (χ3n) is 5.71. The second kappa shape index (κ2) is 8.22. The van der Waals surface area contributed by atoms with Crippen LogP contribution in [0.15, 0.2) is 29.5 Å². The van der Waals surface area contributed by atoms with Crippen molar-refractivity contribution in [2.24, 2.45) is 0 Å². The average Bonchev–Trinajstić information content (AvgIpc) is 3.51. The molecule has 0 bridgehead atoms. The Hall–Kier alpha value is -3.77. The molecule has 0 aliphatic carbocycles. The molecule has 0 radical (unpaired) electrons. The molecule has 5 aromatic rings. The van der Waals surface area contributed by atoms with Gasteiger partial charge in [0, 0.05) is 19.2 Å². The molecule has 0 aromatic carbocycles. The third-order valence-corrected chi connectivity index (χ3v) is 6.84. The molecular formula is C22H22N8O3S. The van der Waals surface area contributed by atoms with E-state index < -0.39 is 0 Å². The van der Waals surface area contributed by atoms with E-state index in [1.807, 2.05) is 17.8 Å².